The van der Waals surface area contributed by atoms with Crippen LogP contribution in [0, 0.1) is 0 Å². The Morgan fingerprint density at radius 1 is 0.462 bits per heavy atom. The fourth-order valence-electron chi connectivity index (χ4n) is 5.59. The molecular formula is C22H26N4. The van der Waals surface area contributed by atoms with Gasteiger partial charge in [-0.25, -0.2) is 0 Å². The summed E-state index contributed by atoms with van der Waals surface area (Å²) in [6, 6.07) is 18.1. The van der Waals surface area contributed by atoms with Gasteiger partial charge in [0.15, 0.2) is 0 Å². The molecule has 26 heavy (non-hydrogen) atoms. The highest BCUT2D eigenvalue weighted by Crippen LogP contribution is 2.49. The minimum absolute atomic E-state index is 0.417. The van der Waals surface area contributed by atoms with E-state index in [1.807, 2.05) is 0 Å². The Bertz CT molecular complexity index is 699. The highest BCUT2D eigenvalue weighted by atomic mass is 15.5. The van der Waals surface area contributed by atoms with E-state index in [0.29, 0.717) is 12.3 Å². The zero-order valence-electron chi connectivity index (χ0n) is 15.2. The van der Waals surface area contributed by atoms with E-state index < -0.39 is 0 Å². The quantitative estimate of drug-likeness (QED) is 0.718. The Morgan fingerprint density at radius 3 is 1.00 bits per heavy atom. The van der Waals surface area contributed by atoms with Gasteiger partial charge in [-0.05, 0) is 49.9 Å². The molecule has 4 aliphatic rings. The number of nitrogens with zero attached hydrogens (tertiary/aromatic N) is 4. The van der Waals surface area contributed by atoms with Gasteiger partial charge in [-0.1, -0.05) is 24.3 Å². The lowest BCUT2D eigenvalue weighted by molar-refractivity contribution is 0.398. The van der Waals surface area contributed by atoms with Crippen LogP contribution in [0.4, 0.5) is 22.7 Å². The molecule has 0 unspecified atom stereocenters. The van der Waals surface area contributed by atoms with Gasteiger partial charge in [0.05, 0.1) is 22.7 Å². The number of fused-ring (bicyclic) bond motifs is 6. The van der Waals surface area contributed by atoms with Gasteiger partial charge in [-0.15, -0.1) is 0 Å². The summed E-state index contributed by atoms with van der Waals surface area (Å²) in [5.74, 6) is 0. The Morgan fingerprint density at radius 2 is 0.731 bits per heavy atom. The van der Waals surface area contributed by atoms with Crippen LogP contribution in [-0.2, 0) is 0 Å². The van der Waals surface area contributed by atoms with Crippen LogP contribution in [0.2, 0.25) is 0 Å². The number of anilines is 4. The summed E-state index contributed by atoms with van der Waals surface area (Å²) in [7, 11) is 0. The van der Waals surface area contributed by atoms with Gasteiger partial charge in [0, 0.05) is 26.2 Å². The van der Waals surface area contributed by atoms with E-state index in [4.69, 9.17) is 0 Å². The smallest absolute Gasteiger partial charge is 0.142 e. The van der Waals surface area contributed by atoms with Crippen LogP contribution in [0.1, 0.15) is 25.7 Å². The van der Waals surface area contributed by atoms with Crippen molar-refractivity contribution in [2.75, 3.05) is 45.8 Å². The minimum atomic E-state index is 0.417. The van der Waals surface area contributed by atoms with E-state index in [-0.39, 0.29) is 0 Å². The zero-order chi connectivity index (χ0) is 17.1. The largest absolute Gasteiger partial charge is 0.346 e. The van der Waals surface area contributed by atoms with Crippen LogP contribution in [0.5, 0.6) is 0 Å². The summed E-state index contributed by atoms with van der Waals surface area (Å²) < 4.78 is 0. The average molecular weight is 346 g/mol. The van der Waals surface area contributed by atoms with Crippen molar-refractivity contribution in [3.8, 4) is 0 Å². The standard InChI is InChI=1S/C22H26N4/c1-2-10-18-17(9-1)23-13-5-6-15-25-19-11-3-4-12-20(19)26-16-8-7-14-24(18)21(23)22(25)26/h1-4,9-12,21-22H,5-8,13-16H2. The van der Waals surface area contributed by atoms with Gasteiger partial charge in [-0.2, -0.15) is 0 Å². The minimum Gasteiger partial charge on any atom is -0.346 e. The first kappa shape index (κ1) is 14.8. The third-order valence-electron chi connectivity index (χ3n) is 6.64. The molecule has 6 rings (SSSR count). The van der Waals surface area contributed by atoms with E-state index in [1.54, 1.807) is 0 Å². The summed E-state index contributed by atoms with van der Waals surface area (Å²) in [6.45, 7) is 4.69. The molecule has 2 fully saturated rings. The molecule has 4 nitrogen and oxygen atoms in total. The van der Waals surface area contributed by atoms with Crippen molar-refractivity contribution in [3.05, 3.63) is 48.5 Å². The predicted octanol–water partition coefficient (Wildman–Crippen LogP) is 3.88. The molecule has 0 aromatic heterocycles. The van der Waals surface area contributed by atoms with Crippen molar-refractivity contribution >= 4 is 22.7 Å². The van der Waals surface area contributed by atoms with Crippen molar-refractivity contribution in [3.63, 3.8) is 0 Å². The second kappa shape index (κ2) is 5.57. The Balaban J connectivity index is 1.54. The fraction of sp³-hybridized carbons (Fsp3) is 0.455. The van der Waals surface area contributed by atoms with E-state index >= 15 is 0 Å². The number of hydrogen-bond donors (Lipinski definition) is 0. The lowest BCUT2D eigenvalue weighted by atomic mass is 10.1. The van der Waals surface area contributed by atoms with E-state index in [9.17, 15) is 0 Å². The second-order valence-corrected chi connectivity index (χ2v) is 7.99. The zero-order valence-corrected chi connectivity index (χ0v) is 15.2. The number of benzene rings is 2. The van der Waals surface area contributed by atoms with Crippen LogP contribution in [0.25, 0.3) is 0 Å². The first-order valence-corrected chi connectivity index (χ1v) is 10.2. The van der Waals surface area contributed by atoms with E-state index in [2.05, 4.69) is 68.1 Å². The first-order valence-electron chi connectivity index (χ1n) is 10.2. The molecule has 134 valence electrons. The number of rotatable bonds is 0. The normalized spacial score (nSPS) is 26.5. The van der Waals surface area contributed by atoms with E-state index in [1.165, 1.54) is 74.6 Å². The van der Waals surface area contributed by atoms with E-state index in [0.717, 1.165) is 0 Å². The van der Waals surface area contributed by atoms with Gasteiger partial charge in [0.25, 0.3) is 0 Å². The van der Waals surface area contributed by atoms with Gasteiger partial charge in [0.1, 0.15) is 12.3 Å². The third kappa shape index (κ3) is 1.90. The van der Waals surface area contributed by atoms with Crippen molar-refractivity contribution in [2.45, 2.75) is 38.0 Å². The predicted molar refractivity (Wildman–Crippen MR) is 108 cm³/mol. The van der Waals surface area contributed by atoms with Gasteiger partial charge in [-0.3, -0.25) is 0 Å². The molecule has 4 heterocycles. The molecular weight excluding hydrogens is 320 g/mol. The SMILES string of the molecule is c1ccc2c(c1)N1CCCCN3c4ccccc4N4CCCCN2C1C34. The van der Waals surface area contributed by atoms with Crippen molar-refractivity contribution < 1.29 is 0 Å². The monoisotopic (exact) mass is 346 g/mol. The van der Waals surface area contributed by atoms with Crippen molar-refractivity contribution in [2.24, 2.45) is 0 Å². The van der Waals surface area contributed by atoms with Gasteiger partial charge in [0.2, 0.25) is 0 Å². The van der Waals surface area contributed by atoms with Crippen molar-refractivity contribution in [1.29, 1.82) is 0 Å². The molecule has 2 aromatic carbocycles. The molecule has 0 aliphatic carbocycles. The molecule has 0 atom stereocenters. The molecule has 0 saturated carbocycles. The summed E-state index contributed by atoms with van der Waals surface area (Å²) in [4.78, 5) is 10.8. The molecule has 4 aliphatic heterocycles. The van der Waals surface area contributed by atoms with Gasteiger partial charge < -0.3 is 19.6 Å². The molecule has 0 amide bonds. The highest BCUT2D eigenvalue weighted by Gasteiger charge is 2.50. The summed E-state index contributed by atoms with van der Waals surface area (Å²) in [5, 5.41) is 0. The molecule has 0 spiro atoms. The Kier molecular flexibility index (Phi) is 3.16. The summed E-state index contributed by atoms with van der Waals surface area (Å²) in [6.07, 6.45) is 5.91. The summed E-state index contributed by atoms with van der Waals surface area (Å²) in [5.41, 5.74) is 5.77. The van der Waals surface area contributed by atoms with Gasteiger partial charge >= 0.3 is 0 Å². The topological polar surface area (TPSA) is 13.0 Å². The first-order chi connectivity index (χ1) is 12.9. The van der Waals surface area contributed by atoms with Crippen LogP contribution < -0.4 is 19.6 Å². The van der Waals surface area contributed by atoms with Crippen LogP contribution >= 0.6 is 0 Å². The molecule has 2 aromatic rings. The lowest BCUT2D eigenvalue weighted by Gasteiger charge is -2.47. The highest BCUT2D eigenvalue weighted by molar-refractivity contribution is 5.83. The lowest BCUT2D eigenvalue weighted by Crippen LogP contribution is -2.64. The third-order valence-corrected chi connectivity index (χ3v) is 6.64. The maximum absolute atomic E-state index is 2.70. The van der Waals surface area contributed by atoms with Crippen LogP contribution in [0.3, 0.4) is 0 Å². The molecule has 0 bridgehead atoms. The Labute approximate surface area is 155 Å². The Hall–Kier alpha value is -2.36. The molecule has 2 saturated heterocycles. The van der Waals surface area contributed by atoms with Crippen LogP contribution in [0.15, 0.2) is 48.5 Å². The molecule has 4 heteroatoms. The van der Waals surface area contributed by atoms with Crippen LogP contribution in [-0.4, -0.2) is 38.5 Å². The maximum Gasteiger partial charge on any atom is 0.142 e. The fourth-order valence-corrected chi connectivity index (χ4v) is 5.59. The molecule has 0 radical (unpaired) electrons. The number of para-hydroxylation sites is 4. The summed E-state index contributed by atoms with van der Waals surface area (Å²) >= 11 is 0. The number of hydrogen-bond acceptors (Lipinski definition) is 4. The second-order valence-electron chi connectivity index (χ2n) is 7.99. The van der Waals surface area contributed by atoms with Crippen molar-refractivity contribution in [1.82, 2.24) is 0 Å². The maximum atomic E-state index is 2.70. The molecule has 0 N–H and O–H groups in total. The average Bonchev–Trinajstić information content (AvgIpc) is 3.09.